The van der Waals surface area contributed by atoms with Crippen molar-refractivity contribution in [2.45, 2.75) is 37.8 Å². The molecule has 3 aromatic rings. The summed E-state index contributed by atoms with van der Waals surface area (Å²) in [6.07, 6.45) is 2.03. The summed E-state index contributed by atoms with van der Waals surface area (Å²) in [5.41, 5.74) is 0.678. The Labute approximate surface area is 154 Å². The molecule has 2 fully saturated rings. The van der Waals surface area contributed by atoms with Crippen LogP contribution in [-0.4, -0.2) is 40.2 Å². The third-order valence-electron chi connectivity index (χ3n) is 5.11. The number of ether oxygens (including phenoxy) is 1. The lowest BCUT2D eigenvalue weighted by Gasteiger charge is -2.37. The second-order valence-electron chi connectivity index (χ2n) is 6.96. The average Bonchev–Trinajstić information content (AvgIpc) is 3.20. The molecule has 2 aromatic heterocycles. The van der Waals surface area contributed by atoms with Crippen molar-refractivity contribution in [3.05, 3.63) is 46.9 Å². The van der Waals surface area contributed by atoms with Crippen LogP contribution in [0.25, 0.3) is 10.1 Å². The molecule has 0 unspecified atom stereocenters. The number of morpholine rings is 1. The van der Waals surface area contributed by atoms with E-state index < -0.39 is 0 Å². The standard InChI is InChI=1S/C19H19N3O3S/c1-11-16(18-20-17(21-25-18)12-2-3-12)22(7-8-24-11)19(23)14-4-5-15-13(10-14)6-9-26-15/h4-6,9-12,16H,2-3,7-8H2,1H3/t11-,16+/m1/s1. The summed E-state index contributed by atoms with van der Waals surface area (Å²) < 4.78 is 12.5. The molecule has 6 nitrogen and oxygen atoms in total. The molecule has 0 N–H and O–H groups in total. The maximum absolute atomic E-state index is 13.2. The number of fused-ring (bicyclic) bond motifs is 1. The number of hydrogen-bond acceptors (Lipinski definition) is 6. The molecule has 0 radical (unpaired) electrons. The fourth-order valence-electron chi connectivity index (χ4n) is 3.52. The summed E-state index contributed by atoms with van der Waals surface area (Å²) in [6, 6.07) is 7.53. The van der Waals surface area contributed by atoms with Crippen LogP contribution >= 0.6 is 11.3 Å². The molecular weight excluding hydrogens is 350 g/mol. The number of nitrogens with zero attached hydrogens (tertiary/aromatic N) is 3. The van der Waals surface area contributed by atoms with E-state index in [0.717, 1.165) is 24.1 Å². The number of rotatable bonds is 3. The fourth-order valence-corrected chi connectivity index (χ4v) is 4.29. The highest BCUT2D eigenvalue weighted by molar-refractivity contribution is 7.17. The van der Waals surface area contributed by atoms with Gasteiger partial charge in [0.25, 0.3) is 11.8 Å². The number of carbonyl (C=O) groups excluding carboxylic acids is 1. The SMILES string of the molecule is C[C@H]1OCCN(C(=O)c2ccc3sccc3c2)[C@@H]1c1nc(C2CC2)no1. The van der Waals surface area contributed by atoms with Gasteiger partial charge in [-0.3, -0.25) is 4.79 Å². The van der Waals surface area contributed by atoms with E-state index in [4.69, 9.17) is 9.26 Å². The summed E-state index contributed by atoms with van der Waals surface area (Å²) in [5, 5.41) is 7.24. The molecule has 134 valence electrons. The van der Waals surface area contributed by atoms with Gasteiger partial charge in [0.1, 0.15) is 6.04 Å². The molecule has 26 heavy (non-hydrogen) atoms. The van der Waals surface area contributed by atoms with E-state index in [0.29, 0.717) is 30.5 Å². The molecule has 1 saturated carbocycles. The Hall–Kier alpha value is -2.25. The molecule has 1 aromatic carbocycles. The lowest BCUT2D eigenvalue weighted by atomic mass is 10.1. The van der Waals surface area contributed by atoms with Gasteiger partial charge in [-0.2, -0.15) is 4.98 Å². The Bertz CT molecular complexity index is 962. The Morgan fingerprint density at radius 3 is 3.04 bits per heavy atom. The lowest BCUT2D eigenvalue weighted by Crippen LogP contribution is -2.47. The molecule has 2 atom stereocenters. The van der Waals surface area contributed by atoms with Crippen molar-refractivity contribution in [2.75, 3.05) is 13.2 Å². The Balaban J connectivity index is 1.48. The van der Waals surface area contributed by atoms with Crippen molar-refractivity contribution in [1.82, 2.24) is 15.0 Å². The van der Waals surface area contributed by atoms with Crippen LogP contribution in [0.1, 0.15) is 53.8 Å². The van der Waals surface area contributed by atoms with Crippen molar-refractivity contribution in [1.29, 1.82) is 0 Å². The number of benzene rings is 1. The van der Waals surface area contributed by atoms with E-state index in [1.165, 1.54) is 4.70 Å². The van der Waals surface area contributed by atoms with E-state index in [9.17, 15) is 4.79 Å². The average molecular weight is 369 g/mol. The van der Waals surface area contributed by atoms with Crippen LogP contribution in [-0.2, 0) is 4.74 Å². The highest BCUT2D eigenvalue weighted by Crippen LogP contribution is 2.39. The van der Waals surface area contributed by atoms with Crippen molar-refractivity contribution in [2.24, 2.45) is 0 Å². The zero-order chi connectivity index (χ0) is 17.7. The first-order valence-electron chi connectivity index (χ1n) is 8.94. The quantitative estimate of drug-likeness (QED) is 0.703. The van der Waals surface area contributed by atoms with Gasteiger partial charge in [-0.25, -0.2) is 0 Å². The summed E-state index contributed by atoms with van der Waals surface area (Å²) in [5.74, 6) is 1.62. The van der Waals surface area contributed by atoms with Crippen molar-refractivity contribution in [3.8, 4) is 0 Å². The van der Waals surface area contributed by atoms with Gasteiger partial charge in [-0.1, -0.05) is 5.16 Å². The third kappa shape index (κ3) is 2.71. The highest BCUT2D eigenvalue weighted by atomic mass is 32.1. The zero-order valence-electron chi connectivity index (χ0n) is 14.4. The Morgan fingerprint density at radius 2 is 2.19 bits per heavy atom. The fraction of sp³-hybridized carbons (Fsp3) is 0.421. The van der Waals surface area contributed by atoms with E-state index in [-0.39, 0.29) is 18.1 Å². The van der Waals surface area contributed by atoms with Crippen LogP contribution in [0, 0.1) is 0 Å². The minimum Gasteiger partial charge on any atom is -0.374 e. The number of aromatic nitrogens is 2. The lowest BCUT2D eigenvalue weighted by molar-refractivity contribution is -0.0600. The molecule has 1 aliphatic heterocycles. The summed E-state index contributed by atoms with van der Waals surface area (Å²) in [4.78, 5) is 19.6. The van der Waals surface area contributed by atoms with Crippen LogP contribution in [0.15, 0.2) is 34.2 Å². The van der Waals surface area contributed by atoms with E-state index in [1.54, 1.807) is 11.3 Å². The normalized spacial score (nSPS) is 23.5. The van der Waals surface area contributed by atoms with Gasteiger partial charge in [-0.15, -0.1) is 11.3 Å². The molecule has 1 saturated heterocycles. The van der Waals surface area contributed by atoms with Gasteiger partial charge < -0.3 is 14.2 Å². The van der Waals surface area contributed by atoms with Gasteiger partial charge in [0.15, 0.2) is 5.82 Å². The first-order chi connectivity index (χ1) is 12.7. The monoisotopic (exact) mass is 369 g/mol. The minimum atomic E-state index is -0.352. The third-order valence-corrected chi connectivity index (χ3v) is 6.00. The van der Waals surface area contributed by atoms with Gasteiger partial charge in [-0.05, 0) is 54.8 Å². The highest BCUT2D eigenvalue weighted by Gasteiger charge is 2.39. The van der Waals surface area contributed by atoms with Crippen LogP contribution in [0.2, 0.25) is 0 Å². The topological polar surface area (TPSA) is 68.5 Å². The van der Waals surface area contributed by atoms with Crippen LogP contribution in [0.3, 0.4) is 0 Å². The summed E-state index contributed by atoms with van der Waals surface area (Å²) in [7, 11) is 0. The van der Waals surface area contributed by atoms with Crippen LogP contribution in [0.4, 0.5) is 0 Å². The van der Waals surface area contributed by atoms with Gasteiger partial charge in [0, 0.05) is 22.7 Å². The van der Waals surface area contributed by atoms with Crippen LogP contribution < -0.4 is 0 Å². The Morgan fingerprint density at radius 1 is 1.31 bits per heavy atom. The maximum Gasteiger partial charge on any atom is 0.254 e. The predicted octanol–water partition coefficient (Wildman–Crippen LogP) is 3.76. The van der Waals surface area contributed by atoms with Crippen LogP contribution in [0.5, 0.6) is 0 Å². The molecular formula is C19H19N3O3S. The summed E-state index contributed by atoms with van der Waals surface area (Å²) >= 11 is 1.67. The van der Waals surface area contributed by atoms with Gasteiger partial charge in [0.2, 0.25) is 0 Å². The number of carbonyl (C=O) groups is 1. The first-order valence-corrected chi connectivity index (χ1v) is 9.82. The molecule has 0 bridgehead atoms. The summed E-state index contributed by atoms with van der Waals surface area (Å²) in [6.45, 7) is 2.97. The zero-order valence-corrected chi connectivity index (χ0v) is 15.2. The largest absolute Gasteiger partial charge is 0.374 e. The number of amides is 1. The molecule has 3 heterocycles. The van der Waals surface area contributed by atoms with Gasteiger partial charge >= 0.3 is 0 Å². The van der Waals surface area contributed by atoms with E-state index in [2.05, 4.69) is 10.1 Å². The van der Waals surface area contributed by atoms with E-state index in [1.807, 2.05) is 41.5 Å². The number of hydrogen-bond donors (Lipinski definition) is 0. The second kappa shape index (κ2) is 6.17. The Kier molecular flexibility index (Phi) is 3.79. The maximum atomic E-state index is 13.2. The predicted molar refractivity (Wildman–Crippen MR) is 97.3 cm³/mol. The second-order valence-corrected chi connectivity index (χ2v) is 7.91. The molecule has 2 aliphatic rings. The molecule has 1 amide bonds. The smallest absolute Gasteiger partial charge is 0.254 e. The molecule has 0 spiro atoms. The van der Waals surface area contributed by atoms with Crippen molar-refractivity contribution in [3.63, 3.8) is 0 Å². The molecule has 1 aliphatic carbocycles. The first kappa shape index (κ1) is 16.0. The molecule has 5 rings (SSSR count). The van der Waals surface area contributed by atoms with E-state index >= 15 is 0 Å². The van der Waals surface area contributed by atoms with Crippen molar-refractivity contribution >= 4 is 27.3 Å². The van der Waals surface area contributed by atoms with Gasteiger partial charge in [0.05, 0.1) is 12.7 Å². The number of thiophene rings is 1. The molecule has 7 heteroatoms. The van der Waals surface area contributed by atoms with Crippen molar-refractivity contribution < 1.29 is 14.1 Å². The minimum absolute atomic E-state index is 0.0237.